The fourth-order valence-corrected chi connectivity index (χ4v) is 3.60. The molecule has 5 heteroatoms. The molecule has 3 aromatic rings. The van der Waals surface area contributed by atoms with Gasteiger partial charge in [-0.05, 0) is 46.5 Å². The van der Waals surface area contributed by atoms with Gasteiger partial charge in [-0.25, -0.2) is 0 Å². The minimum Gasteiger partial charge on any atom is -0.356 e. The quantitative estimate of drug-likeness (QED) is 0.541. The number of nitriles is 2. The van der Waals surface area contributed by atoms with E-state index in [0.29, 0.717) is 6.61 Å². The molecule has 0 unspecified atom stereocenters. The zero-order valence-electron chi connectivity index (χ0n) is 14.4. The van der Waals surface area contributed by atoms with Crippen LogP contribution in [0.4, 0.5) is 11.4 Å². The van der Waals surface area contributed by atoms with Gasteiger partial charge in [0.2, 0.25) is 0 Å². The highest BCUT2D eigenvalue weighted by molar-refractivity contribution is 5.58. The van der Waals surface area contributed by atoms with Crippen LogP contribution in [0.25, 0.3) is 0 Å². The first-order valence-electron chi connectivity index (χ1n) is 8.51. The summed E-state index contributed by atoms with van der Waals surface area (Å²) in [7, 11) is 0. The van der Waals surface area contributed by atoms with E-state index in [1.54, 1.807) is 0 Å². The fourth-order valence-electron chi connectivity index (χ4n) is 3.60. The van der Waals surface area contributed by atoms with Crippen LogP contribution in [-0.2, 0) is 16.9 Å². The molecule has 0 amide bonds. The van der Waals surface area contributed by atoms with Crippen molar-refractivity contribution in [2.75, 3.05) is 10.6 Å². The second kappa shape index (κ2) is 6.84. The lowest BCUT2D eigenvalue weighted by Gasteiger charge is -2.31. The molecule has 0 fully saturated rings. The summed E-state index contributed by atoms with van der Waals surface area (Å²) in [5.74, 6) is 0. The Kier molecular flexibility index (Phi) is 4.22. The summed E-state index contributed by atoms with van der Waals surface area (Å²) < 4.78 is 6.41. The molecule has 0 bridgehead atoms. The predicted octanol–water partition coefficient (Wildman–Crippen LogP) is 4.29. The average Bonchev–Trinajstić information content (AvgIpc) is 3.10. The van der Waals surface area contributed by atoms with Crippen LogP contribution in [0.15, 0.2) is 72.8 Å². The average molecular weight is 352 g/mol. The van der Waals surface area contributed by atoms with Crippen molar-refractivity contribution in [3.63, 3.8) is 0 Å². The normalized spacial score (nSPS) is 13.9. The van der Waals surface area contributed by atoms with Crippen molar-refractivity contribution in [1.82, 2.24) is 0 Å². The first kappa shape index (κ1) is 16.7. The van der Waals surface area contributed by atoms with Crippen LogP contribution in [0.3, 0.4) is 0 Å². The van der Waals surface area contributed by atoms with Crippen LogP contribution < -0.4 is 10.6 Å². The molecule has 0 saturated carbocycles. The van der Waals surface area contributed by atoms with Crippen molar-refractivity contribution in [3.8, 4) is 12.4 Å². The minimum absolute atomic E-state index is 0.520. The summed E-state index contributed by atoms with van der Waals surface area (Å²) in [6.07, 6.45) is 3.87. The van der Waals surface area contributed by atoms with Gasteiger partial charge in [-0.2, -0.15) is 10.5 Å². The second-order valence-electron chi connectivity index (χ2n) is 6.26. The molecular weight excluding hydrogens is 336 g/mol. The van der Waals surface area contributed by atoms with E-state index < -0.39 is 5.60 Å². The summed E-state index contributed by atoms with van der Waals surface area (Å²) in [6.45, 7) is 0.520. The molecular formula is C22H16N4O. The van der Waals surface area contributed by atoms with Crippen molar-refractivity contribution in [3.05, 3.63) is 95.1 Å². The van der Waals surface area contributed by atoms with Gasteiger partial charge in [0, 0.05) is 11.4 Å². The Balaban J connectivity index is 1.87. The summed E-state index contributed by atoms with van der Waals surface area (Å²) in [4.78, 5) is 0. The highest BCUT2D eigenvalue weighted by Crippen LogP contribution is 2.47. The van der Waals surface area contributed by atoms with Gasteiger partial charge in [-0.3, -0.25) is 10.6 Å². The van der Waals surface area contributed by atoms with Crippen LogP contribution in [0.5, 0.6) is 0 Å². The largest absolute Gasteiger partial charge is 0.356 e. The molecule has 0 atom stereocenters. The number of rotatable bonds is 4. The minimum atomic E-state index is -0.729. The SMILES string of the molecule is N#CNc1ccc(C2(c3ccc(NC#N)cc3)OCc3ccccc32)cc1. The van der Waals surface area contributed by atoms with Gasteiger partial charge in [0.15, 0.2) is 12.4 Å². The molecule has 3 aromatic carbocycles. The van der Waals surface area contributed by atoms with Gasteiger partial charge in [0.1, 0.15) is 5.60 Å². The number of nitrogens with one attached hydrogen (secondary N) is 2. The lowest BCUT2D eigenvalue weighted by molar-refractivity contribution is 0.0268. The van der Waals surface area contributed by atoms with Crippen LogP contribution in [0.2, 0.25) is 0 Å². The number of hydrogen-bond donors (Lipinski definition) is 2. The third-order valence-corrected chi connectivity index (χ3v) is 4.82. The molecule has 0 saturated heterocycles. The van der Waals surface area contributed by atoms with Crippen LogP contribution in [0, 0.1) is 22.9 Å². The molecule has 1 aliphatic rings. The number of anilines is 2. The Morgan fingerprint density at radius 1 is 0.741 bits per heavy atom. The highest BCUT2D eigenvalue weighted by atomic mass is 16.5. The maximum Gasteiger partial charge on any atom is 0.181 e. The van der Waals surface area contributed by atoms with Crippen molar-refractivity contribution in [2.45, 2.75) is 12.2 Å². The monoisotopic (exact) mass is 352 g/mol. The Hall–Kier alpha value is -3.80. The smallest absolute Gasteiger partial charge is 0.181 e. The van der Waals surface area contributed by atoms with Crippen molar-refractivity contribution >= 4 is 11.4 Å². The van der Waals surface area contributed by atoms with Crippen LogP contribution in [0.1, 0.15) is 22.3 Å². The molecule has 0 spiro atoms. The lowest BCUT2D eigenvalue weighted by atomic mass is 9.80. The standard InChI is InChI=1S/C22H16N4O/c23-14-25-19-9-5-17(6-10-19)22(18-7-11-20(12-8-18)26-15-24)21-4-2-1-3-16(21)13-27-22/h1-12,25-26H,13H2. The number of benzene rings is 3. The topological polar surface area (TPSA) is 80.9 Å². The molecule has 130 valence electrons. The molecule has 0 radical (unpaired) electrons. The number of fused-ring (bicyclic) bond motifs is 1. The van der Waals surface area contributed by atoms with E-state index in [4.69, 9.17) is 15.3 Å². The predicted molar refractivity (Wildman–Crippen MR) is 102 cm³/mol. The Bertz CT molecular complexity index is 984. The van der Waals surface area contributed by atoms with Crippen molar-refractivity contribution in [2.24, 2.45) is 0 Å². The first-order valence-corrected chi connectivity index (χ1v) is 8.51. The molecule has 1 aliphatic heterocycles. The third-order valence-electron chi connectivity index (χ3n) is 4.82. The molecule has 4 rings (SSSR count). The van der Waals surface area contributed by atoms with Gasteiger partial charge >= 0.3 is 0 Å². The Morgan fingerprint density at radius 2 is 1.26 bits per heavy atom. The van der Waals surface area contributed by atoms with Crippen LogP contribution >= 0.6 is 0 Å². The van der Waals surface area contributed by atoms with Gasteiger partial charge in [0.05, 0.1) is 6.61 Å². The lowest BCUT2D eigenvalue weighted by Crippen LogP contribution is -2.28. The van der Waals surface area contributed by atoms with Crippen LogP contribution in [-0.4, -0.2) is 0 Å². The first-order chi connectivity index (χ1) is 13.3. The summed E-state index contributed by atoms with van der Waals surface area (Å²) >= 11 is 0. The molecule has 0 aromatic heterocycles. The van der Waals surface area contributed by atoms with E-state index in [-0.39, 0.29) is 0 Å². The van der Waals surface area contributed by atoms with E-state index in [2.05, 4.69) is 22.8 Å². The molecule has 2 N–H and O–H groups in total. The Labute approximate surface area is 157 Å². The van der Waals surface area contributed by atoms with E-state index in [0.717, 1.165) is 33.6 Å². The molecule has 27 heavy (non-hydrogen) atoms. The van der Waals surface area contributed by atoms with Crippen molar-refractivity contribution < 1.29 is 4.74 Å². The van der Waals surface area contributed by atoms with E-state index in [9.17, 15) is 0 Å². The maximum atomic E-state index is 8.81. The maximum absolute atomic E-state index is 8.81. The number of hydrogen-bond acceptors (Lipinski definition) is 5. The zero-order chi connectivity index (χ0) is 18.7. The van der Waals surface area contributed by atoms with E-state index in [1.165, 1.54) is 0 Å². The molecule has 0 aliphatic carbocycles. The van der Waals surface area contributed by atoms with Gasteiger partial charge in [0.25, 0.3) is 0 Å². The molecule has 1 heterocycles. The summed E-state index contributed by atoms with van der Waals surface area (Å²) in [5.41, 5.74) is 4.96. The summed E-state index contributed by atoms with van der Waals surface area (Å²) in [6, 6.07) is 23.6. The fraction of sp³-hybridized carbons (Fsp3) is 0.0909. The van der Waals surface area contributed by atoms with Crippen molar-refractivity contribution in [1.29, 1.82) is 10.5 Å². The zero-order valence-corrected chi connectivity index (χ0v) is 14.4. The van der Waals surface area contributed by atoms with Gasteiger partial charge < -0.3 is 4.74 Å². The highest BCUT2D eigenvalue weighted by Gasteiger charge is 2.43. The van der Waals surface area contributed by atoms with Gasteiger partial charge in [-0.15, -0.1) is 0 Å². The second-order valence-corrected chi connectivity index (χ2v) is 6.26. The number of ether oxygens (including phenoxy) is 1. The van der Waals surface area contributed by atoms with Gasteiger partial charge in [-0.1, -0.05) is 48.5 Å². The number of nitrogens with zero attached hydrogens (tertiary/aromatic N) is 2. The third kappa shape index (κ3) is 2.77. The Morgan fingerprint density at radius 3 is 1.78 bits per heavy atom. The van der Waals surface area contributed by atoms with E-state index in [1.807, 2.05) is 73.0 Å². The molecule has 5 nitrogen and oxygen atoms in total. The van der Waals surface area contributed by atoms with E-state index >= 15 is 0 Å². The summed E-state index contributed by atoms with van der Waals surface area (Å²) in [5, 5.41) is 22.9.